The minimum absolute atomic E-state index is 0.115. The first-order chi connectivity index (χ1) is 8.29. The molecule has 1 N–H and O–H groups in total. The van der Waals surface area contributed by atoms with Crippen LogP contribution in [0.4, 0.5) is 6.01 Å². The molecule has 2 rings (SSSR count). The van der Waals surface area contributed by atoms with E-state index in [2.05, 4.69) is 15.5 Å². The summed E-state index contributed by atoms with van der Waals surface area (Å²) in [5.41, 5.74) is 0.830. The molecule has 5 heteroatoms. The summed E-state index contributed by atoms with van der Waals surface area (Å²) in [4.78, 5) is 11.3. The van der Waals surface area contributed by atoms with Gasteiger partial charge in [-0.1, -0.05) is 30.2 Å². The van der Waals surface area contributed by atoms with Crippen molar-refractivity contribution in [1.82, 2.24) is 10.2 Å². The molecule has 1 heterocycles. The van der Waals surface area contributed by atoms with Gasteiger partial charge >= 0.3 is 6.01 Å². The number of nitrogens with zero attached hydrogens (tertiary/aromatic N) is 2. The first kappa shape index (κ1) is 11.3. The van der Waals surface area contributed by atoms with Crippen molar-refractivity contribution in [3.05, 3.63) is 30.3 Å². The van der Waals surface area contributed by atoms with Crippen molar-refractivity contribution < 1.29 is 9.21 Å². The fraction of sp³-hybridized carbons (Fsp3) is 0.250. The van der Waals surface area contributed by atoms with Gasteiger partial charge in [-0.15, -0.1) is 5.10 Å². The van der Waals surface area contributed by atoms with Crippen LogP contribution in [0.25, 0.3) is 11.5 Å². The summed E-state index contributed by atoms with van der Waals surface area (Å²) in [5, 5.41) is 10.2. The monoisotopic (exact) mass is 231 g/mol. The van der Waals surface area contributed by atoms with Gasteiger partial charge in [-0.05, 0) is 18.6 Å². The third-order valence-corrected chi connectivity index (χ3v) is 2.17. The van der Waals surface area contributed by atoms with Crippen LogP contribution in [0.1, 0.15) is 19.8 Å². The molecular weight excluding hydrogens is 218 g/mol. The summed E-state index contributed by atoms with van der Waals surface area (Å²) in [5.74, 6) is 0.285. The number of benzene rings is 1. The average Bonchev–Trinajstić information content (AvgIpc) is 2.79. The van der Waals surface area contributed by atoms with Crippen molar-refractivity contribution in [2.24, 2.45) is 0 Å². The van der Waals surface area contributed by atoms with Crippen LogP contribution < -0.4 is 5.32 Å². The quantitative estimate of drug-likeness (QED) is 0.877. The highest BCUT2D eigenvalue weighted by molar-refractivity contribution is 5.88. The molecule has 0 fully saturated rings. The van der Waals surface area contributed by atoms with Gasteiger partial charge in [0.25, 0.3) is 0 Å². The van der Waals surface area contributed by atoms with Crippen LogP contribution in [0, 0.1) is 0 Å². The second-order valence-electron chi connectivity index (χ2n) is 3.58. The summed E-state index contributed by atoms with van der Waals surface area (Å²) in [7, 11) is 0. The molecule has 1 amide bonds. The van der Waals surface area contributed by atoms with Gasteiger partial charge in [0.15, 0.2) is 0 Å². The van der Waals surface area contributed by atoms with Crippen LogP contribution >= 0.6 is 0 Å². The number of hydrogen-bond donors (Lipinski definition) is 1. The molecule has 0 radical (unpaired) electrons. The fourth-order valence-corrected chi connectivity index (χ4v) is 1.38. The van der Waals surface area contributed by atoms with Gasteiger partial charge in [0.1, 0.15) is 0 Å². The maximum Gasteiger partial charge on any atom is 0.322 e. The topological polar surface area (TPSA) is 68.0 Å². The minimum atomic E-state index is -0.115. The van der Waals surface area contributed by atoms with Gasteiger partial charge in [-0.25, -0.2) is 0 Å². The Morgan fingerprint density at radius 2 is 2.06 bits per heavy atom. The Balaban J connectivity index is 2.09. The molecule has 2 aromatic rings. The molecule has 0 bridgehead atoms. The number of aromatic nitrogens is 2. The van der Waals surface area contributed by atoms with Crippen molar-refractivity contribution in [3.8, 4) is 11.5 Å². The fourth-order valence-electron chi connectivity index (χ4n) is 1.38. The SMILES string of the molecule is CCCC(=O)Nc1nnc(-c2ccccc2)o1. The molecular formula is C12H13N3O2. The molecule has 0 atom stereocenters. The number of nitrogens with one attached hydrogen (secondary N) is 1. The smallest absolute Gasteiger partial charge is 0.322 e. The highest BCUT2D eigenvalue weighted by Crippen LogP contribution is 2.18. The number of rotatable bonds is 4. The summed E-state index contributed by atoms with van der Waals surface area (Å²) in [6, 6.07) is 9.55. The van der Waals surface area contributed by atoms with Crippen LogP contribution in [0.3, 0.4) is 0 Å². The lowest BCUT2D eigenvalue weighted by atomic mass is 10.2. The minimum Gasteiger partial charge on any atom is -0.403 e. The van der Waals surface area contributed by atoms with Crippen LogP contribution in [-0.2, 0) is 4.79 Å². The molecule has 17 heavy (non-hydrogen) atoms. The maximum atomic E-state index is 11.3. The van der Waals surface area contributed by atoms with Gasteiger partial charge < -0.3 is 4.42 Å². The average molecular weight is 231 g/mol. The lowest BCUT2D eigenvalue weighted by Crippen LogP contribution is -2.10. The molecule has 88 valence electrons. The third kappa shape index (κ3) is 2.90. The summed E-state index contributed by atoms with van der Waals surface area (Å²) < 4.78 is 5.33. The van der Waals surface area contributed by atoms with Gasteiger partial charge in [-0.3, -0.25) is 10.1 Å². The molecule has 0 aliphatic heterocycles. The van der Waals surface area contributed by atoms with Crippen molar-refractivity contribution >= 4 is 11.9 Å². The van der Waals surface area contributed by atoms with E-state index >= 15 is 0 Å². The predicted octanol–water partition coefficient (Wildman–Crippen LogP) is 2.48. The number of anilines is 1. The number of hydrogen-bond acceptors (Lipinski definition) is 4. The lowest BCUT2D eigenvalue weighted by Gasteiger charge is -1.96. The van der Waals surface area contributed by atoms with E-state index in [0.717, 1.165) is 12.0 Å². The van der Waals surface area contributed by atoms with Gasteiger partial charge in [-0.2, -0.15) is 0 Å². The van der Waals surface area contributed by atoms with E-state index in [0.29, 0.717) is 12.3 Å². The van der Waals surface area contributed by atoms with E-state index in [9.17, 15) is 4.79 Å². The molecule has 0 aliphatic carbocycles. The van der Waals surface area contributed by atoms with E-state index in [4.69, 9.17) is 4.42 Å². The third-order valence-electron chi connectivity index (χ3n) is 2.17. The zero-order chi connectivity index (χ0) is 12.1. The molecule has 5 nitrogen and oxygen atoms in total. The zero-order valence-electron chi connectivity index (χ0n) is 9.51. The van der Waals surface area contributed by atoms with Crippen molar-refractivity contribution in [3.63, 3.8) is 0 Å². The Morgan fingerprint density at radius 1 is 1.29 bits per heavy atom. The second kappa shape index (κ2) is 5.25. The van der Waals surface area contributed by atoms with Gasteiger partial charge in [0.05, 0.1) is 0 Å². The largest absolute Gasteiger partial charge is 0.403 e. The Hall–Kier alpha value is -2.17. The number of amides is 1. The van der Waals surface area contributed by atoms with E-state index in [1.165, 1.54) is 0 Å². The van der Waals surface area contributed by atoms with E-state index in [1.54, 1.807) is 0 Å². The Bertz CT molecular complexity index is 493. The van der Waals surface area contributed by atoms with Gasteiger partial charge in [0, 0.05) is 12.0 Å². The molecule has 0 saturated carbocycles. The standard InChI is InChI=1S/C12H13N3O2/c1-2-6-10(16)13-12-15-14-11(17-12)9-7-4-3-5-8-9/h3-5,7-8H,2,6H2,1H3,(H,13,15,16). The van der Waals surface area contributed by atoms with Crippen molar-refractivity contribution in [1.29, 1.82) is 0 Å². The molecule has 0 saturated heterocycles. The van der Waals surface area contributed by atoms with Crippen LogP contribution in [-0.4, -0.2) is 16.1 Å². The Labute approximate surface area is 98.9 Å². The molecule has 0 aliphatic rings. The molecule has 1 aromatic heterocycles. The number of carbonyl (C=O) groups excluding carboxylic acids is 1. The Morgan fingerprint density at radius 3 is 2.76 bits per heavy atom. The summed E-state index contributed by atoms with van der Waals surface area (Å²) in [6.45, 7) is 1.93. The molecule has 0 unspecified atom stereocenters. The Kier molecular flexibility index (Phi) is 3.49. The van der Waals surface area contributed by atoms with Crippen LogP contribution in [0.2, 0.25) is 0 Å². The van der Waals surface area contributed by atoms with Crippen LogP contribution in [0.15, 0.2) is 34.7 Å². The highest BCUT2D eigenvalue weighted by Gasteiger charge is 2.09. The summed E-state index contributed by atoms with van der Waals surface area (Å²) in [6.07, 6.45) is 1.23. The van der Waals surface area contributed by atoms with Crippen LogP contribution in [0.5, 0.6) is 0 Å². The summed E-state index contributed by atoms with van der Waals surface area (Å²) >= 11 is 0. The molecule has 1 aromatic carbocycles. The highest BCUT2D eigenvalue weighted by atomic mass is 16.4. The first-order valence-electron chi connectivity index (χ1n) is 5.48. The van der Waals surface area contributed by atoms with Gasteiger partial charge in [0.2, 0.25) is 11.8 Å². The zero-order valence-corrected chi connectivity index (χ0v) is 9.51. The van der Waals surface area contributed by atoms with E-state index < -0.39 is 0 Å². The predicted molar refractivity (Wildman–Crippen MR) is 63.3 cm³/mol. The van der Waals surface area contributed by atoms with Crippen molar-refractivity contribution in [2.75, 3.05) is 5.32 Å². The van der Waals surface area contributed by atoms with Crippen molar-refractivity contribution in [2.45, 2.75) is 19.8 Å². The maximum absolute atomic E-state index is 11.3. The second-order valence-corrected chi connectivity index (χ2v) is 3.58. The normalized spacial score (nSPS) is 10.2. The van der Waals surface area contributed by atoms with E-state index in [-0.39, 0.29) is 11.9 Å². The lowest BCUT2D eigenvalue weighted by molar-refractivity contribution is -0.116. The first-order valence-corrected chi connectivity index (χ1v) is 5.48. The molecule has 0 spiro atoms. The number of carbonyl (C=O) groups is 1. The van der Waals surface area contributed by atoms with E-state index in [1.807, 2.05) is 37.3 Å².